The van der Waals surface area contributed by atoms with Crippen LogP contribution in [0.1, 0.15) is 0 Å². The van der Waals surface area contributed by atoms with Gasteiger partial charge in [-0.15, -0.1) is 4.74 Å². The molecule has 2 aliphatic heterocycles. The van der Waals surface area contributed by atoms with Crippen LogP contribution >= 0.6 is 11.6 Å². The zero-order valence-electron chi connectivity index (χ0n) is 11.5. The summed E-state index contributed by atoms with van der Waals surface area (Å²) in [5.74, 6) is -0.0738. The van der Waals surface area contributed by atoms with Crippen molar-refractivity contribution in [2.75, 3.05) is 0 Å². The van der Waals surface area contributed by atoms with Gasteiger partial charge in [0, 0.05) is 27.6 Å². The van der Waals surface area contributed by atoms with Crippen molar-refractivity contribution in [3.8, 4) is 0 Å². The number of hydrogen-bond donors (Lipinski definition) is 0. The maximum Gasteiger partial charge on any atom is 0.391 e. The molecule has 23 heavy (non-hydrogen) atoms. The Morgan fingerprint density at radius 1 is 1.13 bits per heavy atom. The Morgan fingerprint density at radius 2 is 1.91 bits per heavy atom. The predicted molar refractivity (Wildman–Crippen MR) is 86.2 cm³/mol. The molecule has 0 fully saturated rings. The Balaban J connectivity index is 2.05. The van der Waals surface area contributed by atoms with Gasteiger partial charge in [-0.2, -0.15) is 0 Å². The summed E-state index contributed by atoms with van der Waals surface area (Å²) in [4.78, 5) is 10.3. The summed E-state index contributed by atoms with van der Waals surface area (Å²) < 4.78 is -0.638. The molecule has 4 rings (SSSR count). The second-order valence-electron chi connectivity index (χ2n) is 5.29. The molecule has 1 unspecified atom stereocenters. The SMILES string of the molecule is O=[N+]([O-])c1ccc2c(c1)[N+]([O-])=C1C=c3cc(Cl)ccc3=C[N+]12[O-]. The lowest BCUT2D eigenvalue weighted by atomic mass is 10.1. The molecule has 2 aromatic carbocycles. The third-order valence-electron chi connectivity index (χ3n) is 3.95. The number of amidine groups is 1. The molecule has 1 atom stereocenters. The first-order valence-electron chi connectivity index (χ1n) is 6.64. The van der Waals surface area contributed by atoms with E-state index in [4.69, 9.17) is 11.6 Å². The maximum absolute atomic E-state index is 13.2. The van der Waals surface area contributed by atoms with E-state index in [0.29, 0.717) is 20.2 Å². The van der Waals surface area contributed by atoms with Crippen molar-refractivity contribution in [1.29, 1.82) is 0 Å². The van der Waals surface area contributed by atoms with E-state index in [9.17, 15) is 20.5 Å². The van der Waals surface area contributed by atoms with Crippen LogP contribution in [0.2, 0.25) is 5.02 Å². The standard InChI is InChI=1S/C15H8ClN3O4/c16-11-2-1-9-8-19(23)14-4-3-12(18(21)22)7-13(14)17(20)15(19)6-10(9)5-11/h1-8H. The number of fused-ring (bicyclic) bond motifs is 4. The first-order chi connectivity index (χ1) is 10.9. The summed E-state index contributed by atoms with van der Waals surface area (Å²) in [6.07, 6.45) is 2.86. The zero-order valence-corrected chi connectivity index (χ0v) is 12.2. The van der Waals surface area contributed by atoms with Crippen LogP contribution in [0.15, 0.2) is 36.4 Å². The average molecular weight is 330 g/mol. The first kappa shape index (κ1) is 13.9. The normalized spacial score (nSPS) is 21.0. The Morgan fingerprint density at radius 3 is 2.65 bits per heavy atom. The lowest BCUT2D eigenvalue weighted by Crippen LogP contribution is -2.49. The number of benzene rings is 2. The fraction of sp³-hybridized carbons (Fsp3) is 0. The van der Waals surface area contributed by atoms with Crippen LogP contribution in [0.3, 0.4) is 0 Å². The minimum Gasteiger partial charge on any atom is -0.614 e. The maximum atomic E-state index is 13.2. The van der Waals surface area contributed by atoms with Gasteiger partial charge in [-0.1, -0.05) is 11.6 Å². The van der Waals surface area contributed by atoms with E-state index in [1.807, 2.05) is 0 Å². The molecule has 8 heteroatoms. The molecule has 0 aliphatic carbocycles. The van der Waals surface area contributed by atoms with Crippen LogP contribution in [-0.4, -0.2) is 15.5 Å². The van der Waals surface area contributed by atoms with E-state index >= 15 is 0 Å². The van der Waals surface area contributed by atoms with Gasteiger partial charge in [0.2, 0.25) is 5.69 Å². The molecule has 0 N–H and O–H groups in total. The third-order valence-corrected chi connectivity index (χ3v) is 4.18. The van der Waals surface area contributed by atoms with Crippen molar-refractivity contribution in [1.82, 2.24) is 4.65 Å². The second-order valence-corrected chi connectivity index (χ2v) is 5.72. The van der Waals surface area contributed by atoms with E-state index in [-0.39, 0.29) is 22.9 Å². The van der Waals surface area contributed by atoms with Crippen molar-refractivity contribution >= 4 is 46.8 Å². The average Bonchev–Trinajstić information content (AvgIpc) is 2.73. The molecule has 2 heterocycles. The summed E-state index contributed by atoms with van der Waals surface area (Å²) in [6.45, 7) is 0. The Kier molecular flexibility index (Phi) is 2.65. The summed E-state index contributed by atoms with van der Waals surface area (Å²) >= 11 is 5.94. The molecule has 2 aromatic rings. The summed E-state index contributed by atoms with van der Waals surface area (Å²) in [7, 11) is 0. The van der Waals surface area contributed by atoms with Gasteiger partial charge in [-0.05, 0) is 18.2 Å². The Labute approximate surface area is 134 Å². The van der Waals surface area contributed by atoms with Crippen LogP contribution in [0, 0.1) is 20.5 Å². The van der Waals surface area contributed by atoms with Crippen molar-refractivity contribution in [3.63, 3.8) is 0 Å². The first-order valence-corrected chi connectivity index (χ1v) is 7.02. The van der Waals surface area contributed by atoms with Gasteiger partial charge < -0.3 is 10.4 Å². The van der Waals surface area contributed by atoms with Crippen LogP contribution in [-0.2, 0) is 0 Å². The number of rotatable bonds is 1. The molecule has 0 saturated carbocycles. The van der Waals surface area contributed by atoms with Crippen LogP contribution in [0.5, 0.6) is 0 Å². The second kappa shape index (κ2) is 4.39. The van der Waals surface area contributed by atoms with Crippen molar-refractivity contribution in [2.24, 2.45) is 0 Å². The minimum absolute atomic E-state index is 0.0180. The van der Waals surface area contributed by atoms with Gasteiger partial charge in [0.1, 0.15) is 6.20 Å². The number of hydroxylamine groups is 2. The molecule has 0 saturated heterocycles. The lowest BCUT2D eigenvalue weighted by Gasteiger charge is -2.30. The zero-order chi connectivity index (χ0) is 16.4. The van der Waals surface area contributed by atoms with Crippen LogP contribution in [0.4, 0.5) is 17.1 Å². The smallest absolute Gasteiger partial charge is 0.391 e. The monoisotopic (exact) mass is 329 g/mol. The summed E-state index contributed by atoms with van der Waals surface area (Å²) in [5, 5.41) is 38.3. The number of halogens is 1. The van der Waals surface area contributed by atoms with E-state index < -0.39 is 9.57 Å². The van der Waals surface area contributed by atoms with Gasteiger partial charge in [0.05, 0.1) is 17.1 Å². The number of nitro benzene ring substituents is 1. The molecule has 0 amide bonds. The molecule has 7 nitrogen and oxygen atoms in total. The molecule has 0 aromatic heterocycles. The van der Waals surface area contributed by atoms with E-state index in [1.165, 1.54) is 24.4 Å². The van der Waals surface area contributed by atoms with Crippen molar-refractivity contribution < 1.29 is 9.66 Å². The Hall–Kier alpha value is -2.74. The van der Waals surface area contributed by atoms with E-state index in [0.717, 1.165) is 6.07 Å². The van der Waals surface area contributed by atoms with Gasteiger partial charge in [-0.3, -0.25) is 10.1 Å². The van der Waals surface area contributed by atoms with Crippen molar-refractivity contribution in [2.45, 2.75) is 0 Å². The fourth-order valence-corrected chi connectivity index (χ4v) is 3.04. The lowest BCUT2D eigenvalue weighted by molar-refractivity contribution is -0.387. The molecule has 0 bridgehead atoms. The number of hydrogen-bond acceptors (Lipinski definition) is 4. The quantitative estimate of drug-likeness (QED) is 0.262. The number of nitro groups is 1. The topological polar surface area (TPSA) is 92.3 Å². The number of nitrogens with zero attached hydrogens (tertiary/aromatic N) is 3. The molecule has 2 aliphatic rings. The molecule has 0 spiro atoms. The van der Waals surface area contributed by atoms with Crippen LogP contribution in [0.25, 0.3) is 12.3 Å². The largest absolute Gasteiger partial charge is 0.614 e. The number of non-ortho nitro benzene ring substituents is 1. The summed E-state index contributed by atoms with van der Waals surface area (Å²) in [6, 6.07) is 8.67. The van der Waals surface area contributed by atoms with Gasteiger partial charge in [0.25, 0.3) is 11.4 Å². The number of quaternary nitrogens is 1. The highest BCUT2D eigenvalue weighted by Crippen LogP contribution is 2.42. The van der Waals surface area contributed by atoms with Crippen LogP contribution < -0.4 is 15.1 Å². The summed E-state index contributed by atoms with van der Waals surface area (Å²) in [5.41, 5.74) is -0.106. The minimum atomic E-state index is -1.08. The highest BCUT2D eigenvalue weighted by Gasteiger charge is 2.46. The molecular formula is C15H8ClN3O4. The predicted octanol–water partition coefficient (Wildman–Crippen LogP) is 1.84. The molecular weight excluding hydrogens is 322 g/mol. The third kappa shape index (κ3) is 1.81. The fourth-order valence-electron chi connectivity index (χ4n) is 2.86. The van der Waals surface area contributed by atoms with Gasteiger partial charge in [0.15, 0.2) is 0 Å². The van der Waals surface area contributed by atoms with Crippen molar-refractivity contribution in [3.05, 3.63) is 72.4 Å². The van der Waals surface area contributed by atoms with E-state index in [1.54, 1.807) is 18.2 Å². The van der Waals surface area contributed by atoms with E-state index in [2.05, 4.69) is 0 Å². The highest BCUT2D eigenvalue weighted by molar-refractivity contribution is 6.30. The highest BCUT2D eigenvalue weighted by atomic mass is 35.5. The van der Waals surface area contributed by atoms with Gasteiger partial charge in [-0.25, -0.2) is 4.65 Å². The molecule has 0 radical (unpaired) electrons. The molecule has 114 valence electrons. The van der Waals surface area contributed by atoms with Gasteiger partial charge >= 0.3 is 5.84 Å². The Bertz CT molecular complexity index is 1050.